The number of carbonyl (C=O) groups is 1. The maximum Gasteiger partial charge on any atom is 0.232 e. The van der Waals surface area contributed by atoms with E-state index in [4.69, 9.17) is 0 Å². The number of nitrogens with zero attached hydrogens (tertiary/aromatic N) is 2. The molecule has 0 aliphatic rings. The van der Waals surface area contributed by atoms with Crippen LogP contribution in [0.3, 0.4) is 0 Å². The van der Waals surface area contributed by atoms with Gasteiger partial charge in [0.25, 0.3) is 0 Å². The Balaban J connectivity index is 2.15. The number of pyridine rings is 1. The van der Waals surface area contributed by atoms with Gasteiger partial charge >= 0.3 is 0 Å². The van der Waals surface area contributed by atoms with E-state index in [9.17, 15) is 15.1 Å². The molecule has 0 aliphatic carbocycles. The average molecular weight is 300 g/mol. The number of hydrogen-bond acceptors (Lipinski definition) is 3. The van der Waals surface area contributed by atoms with Crippen molar-refractivity contribution in [2.75, 3.05) is 13.2 Å². The van der Waals surface area contributed by atoms with Crippen LogP contribution in [-0.4, -0.2) is 29.1 Å². The normalized spacial score (nSPS) is 11.9. The summed E-state index contributed by atoms with van der Waals surface area (Å²) in [7, 11) is 0. The van der Waals surface area contributed by atoms with Crippen molar-refractivity contribution in [3.8, 4) is 0 Å². The highest BCUT2D eigenvalue weighted by molar-refractivity contribution is 5.83. The molecule has 0 spiro atoms. The molecule has 116 valence electrons. The highest BCUT2D eigenvalue weighted by atomic mass is 16.5. The molecule has 1 aromatic carbocycles. The summed E-state index contributed by atoms with van der Waals surface area (Å²) in [6.07, 6.45) is 2.82. The minimum Gasteiger partial charge on any atom is -0.619 e. The molecule has 0 fully saturated rings. The van der Waals surface area contributed by atoms with Crippen molar-refractivity contribution in [2.45, 2.75) is 19.4 Å². The lowest BCUT2D eigenvalue weighted by molar-refractivity contribution is -0.605. The summed E-state index contributed by atoms with van der Waals surface area (Å²) in [5.41, 5.74) is 1.69. The SMILES string of the molecule is CCN(Cc1cc[n+]([O-])cc1)C(=O)[C@@H](CO)c1ccccc1. The molecule has 1 N–H and O–H groups in total. The maximum atomic E-state index is 12.7. The van der Waals surface area contributed by atoms with Gasteiger partial charge in [0, 0.05) is 25.2 Å². The second-order valence-corrected chi connectivity index (χ2v) is 5.06. The zero-order chi connectivity index (χ0) is 15.9. The third-order valence-electron chi connectivity index (χ3n) is 3.62. The van der Waals surface area contributed by atoms with Crippen molar-refractivity contribution in [1.29, 1.82) is 0 Å². The fraction of sp³-hybridized carbons (Fsp3) is 0.294. The summed E-state index contributed by atoms with van der Waals surface area (Å²) in [4.78, 5) is 14.4. The van der Waals surface area contributed by atoms with E-state index in [0.717, 1.165) is 11.1 Å². The Morgan fingerprint density at radius 2 is 1.86 bits per heavy atom. The van der Waals surface area contributed by atoms with Crippen molar-refractivity contribution in [2.24, 2.45) is 0 Å². The van der Waals surface area contributed by atoms with Gasteiger partial charge in [-0.1, -0.05) is 30.3 Å². The van der Waals surface area contributed by atoms with E-state index >= 15 is 0 Å². The molecule has 0 unspecified atom stereocenters. The minimum absolute atomic E-state index is 0.116. The van der Waals surface area contributed by atoms with Crippen LogP contribution in [0.2, 0.25) is 0 Å². The van der Waals surface area contributed by atoms with E-state index in [0.29, 0.717) is 17.8 Å². The van der Waals surface area contributed by atoms with Crippen molar-refractivity contribution in [3.63, 3.8) is 0 Å². The Kier molecular flexibility index (Phi) is 5.49. The van der Waals surface area contributed by atoms with E-state index in [1.165, 1.54) is 12.4 Å². The summed E-state index contributed by atoms with van der Waals surface area (Å²) in [6.45, 7) is 2.62. The summed E-state index contributed by atoms with van der Waals surface area (Å²) < 4.78 is 0.710. The first-order valence-corrected chi connectivity index (χ1v) is 7.28. The zero-order valence-electron chi connectivity index (χ0n) is 12.6. The molecule has 0 saturated heterocycles. The Hall–Kier alpha value is -2.40. The number of aliphatic hydroxyl groups is 1. The summed E-state index contributed by atoms with van der Waals surface area (Å²) >= 11 is 0. The van der Waals surface area contributed by atoms with Gasteiger partial charge in [-0.2, -0.15) is 4.73 Å². The predicted octanol–water partition coefficient (Wildman–Crippen LogP) is 1.44. The quantitative estimate of drug-likeness (QED) is 0.648. The molecule has 1 heterocycles. The minimum atomic E-state index is -0.561. The van der Waals surface area contributed by atoms with Crippen LogP contribution in [0.4, 0.5) is 0 Å². The Bertz CT molecular complexity index is 599. The van der Waals surface area contributed by atoms with E-state index in [1.807, 2.05) is 37.3 Å². The van der Waals surface area contributed by atoms with Gasteiger partial charge in [0.05, 0.1) is 12.5 Å². The van der Waals surface area contributed by atoms with Gasteiger partial charge in [-0.15, -0.1) is 0 Å². The lowest BCUT2D eigenvalue weighted by Crippen LogP contribution is -2.36. The number of aromatic nitrogens is 1. The summed E-state index contributed by atoms with van der Waals surface area (Å²) in [5, 5.41) is 20.7. The number of rotatable bonds is 6. The molecule has 1 aromatic heterocycles. The van der Waals surface area contributed by atoms with Gasteiger partial charge in [-0.25, -0.2) is 0 Å². The van der Waals surface area contributed by atoms with E-state index < -0.39 is 5.92 Å². The smallest absolute Gasteiger partial charge is 0.232 e. The number of carbonyl (C=O) groups excluding carboxylic acids is 1. The number of hydrogen-bond donors (Lipinski definition) is 1. The van der Waals surface area contributed by atoms with E-state index in [2.05, 4.69) is 0 Å². The second kappa shape index (κ2) is 7.56. The maximum absolute atomic E-state index is 12.7. The molecule has 0 radical (unpaired) electrons. The lowest BCUT2D eigenvalue weighted by Gasteiger charge is -2.25. The van der Waals surface area contributed by atoms with Crippen LogP contribution in [0.5, 0.6) is 0 Å². The Labute approximate surface area is 130 Å². The molecule has 5 heteroatoms. The van der Waals surface area contributed by atoms with Crippen LogP contribution in [-0.2, 0) is 11.3 Å². The second-order valence-electron chi connectivity index (χ2n) is 5.06. The number of amides is 1. The third-order valence-corrected chi connectivity index (χ3v) is 3.62. The highest BCUT2D eigenvalue weighted by Gasteiger charge is 2.24. The molecule has 2 aromatic rings. The molecule has 1 atom stereocenters. The van der Waals surface area contributed by atoms with Gasteiger partial charge in [-0.3, -0.25) is 4.79 Å². The van der Waals surface area contributed by atoms with Crippen LogP contribution in [0, 0.1) is 5.21 Å². The molecule has 1 amide bonds. The first kappa shape index (κ1) is 16.0. The van der Waals surface area contributed by atoms with Gasteiger partial charge in [-0.05, 0) is 18.1 Å². The van der Waals surface area contributed by atoms with Crippen LogP contribution in [0.15, 0.2) is 54.9 Å². The molecule has 0 aliphatic heterocycles. The molecule has 0 bridgehead atoms. The number of likely N-dealkylation sites (N-methyl/N-ethyl adjacent to an activating group) is 1. The van der Waals surface area contributed by atoms with Crippen LogP contribution in [0.25, 0.3) is 0 Å². The van der Waals surface area contributed by atoms with E-state index in [1.54, 1.807) is 17.0 Å². The zero-order valence-corrected chi connectivity index (χ0v) is 12.6. The fourth-order valence-electron chi connectivity index (χ4n) is 2.35. The van der Waals surface area contributed by atoms with Crippen molar-refractivity contribution in [1.82, 2.24) is 4.90 Å². The Morgan fingerprint density at radius 1 is 1.23 bits per heavy atom. The topological polar surface area (TPSA) is 67.5 Å². The predicted molar refractivity (Wildman–Crippen MR) is 82.8 cm³/mol. The van der Waals surface area contributed by atoms with Gasteiger partial charge in [0.2, 0.25) is 5.91 Å². The molecule has 22 heavy (non-hydrogen) atoms. The van der Waals surface area contributed by atoms with Crippen LogP contribution < -0.4 is 4.73 Å². The molecule has 5 nitrogen and oxygen atoms in total. The number of aliphatic hydroxyl groups excluding tert-OH is 1. The highest BCUT2D eigenvalue weighted by Crippen LogP contribution is 2.19. The largest absolute Gasteiger partial charge is 0.619 e. The van der Waals surface area contributed by atoms with Crippen LogP contribution in [0.1, 0.15) is 24.0 Å². The van der Waals surface area contributed by atoms with Crippen molar-refractivity contribution < 1.29 is 14.6 Å². The van der Waals surface area contributed by atoms with Gasteiger partial charge in [0.15, 0.2) is 12.4 Å². The van der Waals surface area contributed by atoms with Crippen LogP contribution >= 0.6 is 0 Å². The van der Waals surface area contributed by atoms with Crippen molar-refractivity contribution in [3.05, 3.63) is 71.2 Å². The Morgan fingerprint density at radius 3 is 2.41 bits per heavy atom. The van der Waals surface area contributed by atoms with Crippen molar-refractivity contribution >= 4 is 5.91 Å². The molecular formula is C17H20N2O3. The third kappa shape index (κ3) is 3.83. The van der Waals surface area contributed by atoms with E-state index in [-0.39, 0.29) is 12.5 Å². The molecular weight excluding hydrogens is 280 g/mol. The molecule has 0 saturated carbocycles. The summed E-state index contributed by atoms with van der Waals surface area (Å²) in [6, 6.07) is 12.7. The lowest BCUT2D eigenvalue weighted by atomic mass is 9.98. The standard InChI is InChI=1S/C17H20N2O3/c1-2-18(12-14-8-10-19(22)11-9-14)17(21)16(13-20)15-6-4-3-5-7-15/h3-11,16,20H,2,12-13H2,1H3/t16-/m0/s1. The first-order chi connectivity index (χ1) is 10.7. The monoisotopic (exact) mass is 300 g/mol. The summed E-state index contributed by atoms with van der Waals surface area (Å²) in [5.74, 6) is -0.677. The number of benzene rings is 1. The van der Waals surface area contributed by atoms with Gasteiger partial charge in [0.1, 0.15) is 0 Å². The van der Waals surface area contributed by atoms with Gasteiger partial charge < -0.3 is 15.2 Å². The fourth-order valence-corrected chi connectivity index (χ4v) is 2.35. The molecule has 2 rings (SSSR count). The average Bonchev–Trinajstić information content (AvgIpc) is 2.56. The first-order valence-electron chi connectivity index (χ1n) is 7.28.